The maximum atomic E-state index is 12.3. The molecular weight excluding hydrogens is 290 g/mol. The topological polar surface area (TPSA) is 61.4 Å². The van der Waals surface area contributed by atoms with Gasteiger partial charge in [-0.15, -0.1) is 0 Å². The predicted molar refractivity (Wildman–Crippen MR) is 92.3 cm³/mol. The van der Waals surface area contributed by atoms with Crippen LogP contribution in [-0.4, -0.2) is 43.9 Å². The number of hydrogen-bond acceptors (Lipinski definition) is 3. The van der Waals surface area contributed by atoms with E-state index >= 15 is 0 Å². The van der Waals surface area contributed by atoms with Crippen molar-refractivity contribution in [3.8, 4) is 0 Å². The van der Waals surface area contributed by atoms with Crippen LogP contribution in [0.1, 0.15) is 31.7 Å². The fraction of sp³-hybridized carbons (Fsp3) is 0.556. The second kappa shape index (κ2) is 7.59. The second-order valence-corrected chi connectivity index (χ2v) is 6.77. The van der Waals surface area contributed by atoms with Crippen LogP contribution in [0.2, 0.25) is 0 Å². The lowest BCUT2D eigenvalue weighted by molar-refractivity contribution is -0.125. The third-order valence-electron chi connectivity index (χ3n) is 4.16. The number of amides is 2. The Morgan fingerprint density at radius 2 is 1.83 bits per heavy atom. The number of nitrogens with one attached hydrogen (secondary N) is 2. The fourth-order valence-corrected chi connectivity index (χ4v) is 2.65. The van der Waals surface area contributed by atoms with Crippen LogP contribution in [0.5, 0.6) is 0 Å². The van der Waals surface area contributed by atoms with Gasteiger partial charge >= 0.3 is 0 Å². The van der Waals surface area contributed by atoms with E-state index in [1.165, 1.54) is 0 Å². The number of likely N-dealkylation sites (N-methyl/N-ethyl adjacent to an activating group) is 1. The minimum Gasteiger partial charge on any atom is -0.355 e. The van der Waals surface area contributed by atoms with Crippen LogP contribution < -0.4 is 10.6 Å². The summed E-state index contributed by atoms with van der Waals surface area (Å²) in [7, 11) is 3.93. The molecule has 0 aromatic heterocycles. The van der Waals surface area contributed by atoms with Gasteiger partial charge in [0, 0.05) is 18.8 Å². The quantitative estimate of drug-likeness (QED) is 0.809. The van der Waals surface area contributed by atoms with E-state index in [-0.39, 0.29) is 23.7 Å². The van der Waals surface area contributed by atoms with E-state index in [0.29, 0.717) is 18.9 Å². The molecule has 5 nitrogen and oxygen atoms in total. The molecule has 2 amide bonds. The third-order valence-corrected chi connectivity index (χ3v) is 4.16. The van der Waals surface area contributed by atoms with E-state index in [1.807, 2.05) is 43.3 Å². The van der Waals surface area contributed by atoms with Gasteiger partial charge in [-0.25, -0.2) is 0 Å². The number of carbonyl (C=O) groups excluding carboxylic acids is 2. The van der Waals surface area contributed by atoms with Crippen LogP contribution in [0.15, 0.2) is 24.3 Å². The molecule has 1 aromatic carbocycles. The lowest BCUT2D eigenvalue weighted by Crippen LogP contribution is -2.33. The largest absolute Gasteiger partial charge is 0.355 e. The average molecular weight is 317 g/mol. The number of benzene rings is 1. The molecule has 0 heterocycles. The zero-order valence-corrected chi connectivity index (χ0v) is 14.4. The van der Waals surface area contributed by atoms with Crippen molar-refractivity contribution in [3.63, 3.8) is 0 Å². The maximum Gasteiger partial charge on any atom is 0.228 e. The number of carbonyl (C=O) groups is 2. The minimum atomic E-state index is -0.199. The summed E-state index contributed by atoms with van der Waals surface area (Å²) in [6.07, 6.45) is 0.642. The van der Waals surface area contributed by atoms with E-state index in [9.17, 15) is 9.59 Å². The molecule has 0 bridgehead atoms. The number of nitrogens with zero attached hydrogens (tertiary/aromatic N) is 1. The van der Waals surface area contributed by atoms with Gasteiger partial charge in [-0.2, -0.15) is 0 Å². The highest BCUT2D eigenvalue weighted by molar-refractivity contribution is 5.99. The molecule has 0 saturated heterocycles. The van der Waals surface area contributed by atoms with E-state index in [0.717, 1.165) is 17.8 Å². The number of para-hydroxylation sites is 1. The SMILES string of the molecule is CC(C)c1ccccc1NC(=O)C1CC1C(=O)NCCN(C)C. The highest BCUT2D eigenvalue weighted by Crippen LogP contribution is 2.40. The zero-order chi connectivity index (χ0) is 17.0. The van der Waals surface area contributed by atoms with Crippen molar-refractivity contribution < 1.29 is 9.59 Å². The van der Waals surface area contributed by atoms with E-state index in [2.05, 4.69) is 24.5 Å². The molecule has 1 fully saturated rings. The van der Waals surface area contributed by atoms with Gasteiger partial charge in [-0.05, 0) is 38.1 Å². The Kier molecular flexibility index (Phi) is 5.77. The smallest absolute Gasteiger partial charge is 0.228 e. The lowest BCUT2D eigenvalue weighted by atomic mass is 10.0. The van der Waals surface area contributed by atoms with Crippen LogP contribution in [0.3, 0.4) is 0 Å². The van der Waals surface area contributed by atoms with Crippen LogP contribution in [0.25, 0.3) is 0 Å². The highest BCUT2D eigenvalue weighted by atomic mass is 16.2. The van der Waals surface area contributed by atoms with Crippen molar-refractivity contribution in [1.29, 1.82) is 0 Å². The summed E-state index contributed by atoms with van der Waals surface area (Å²) < 4.78 is 0. The molecule has 1 aromatic rings. The molecule has 2 rings (SSSR count). The van der Waals surface area contributed by atoms with Gasteiger partial charge in [0.25, 0.3) is 0 Å². The molecule has 0 aliphatic heterocycles. The van der Waals surface area contributed by atoms with Gasteiger partial charge in [0.05, 0.1) is 11.8 Å². The van der Waals surface area contributed by atoms with Crippen LogP contribution in [0, 0.1) is 11.8 Å². The molecule has 23 heavy (non-hydrogen) atoms. The molecule has 2 N–H and O–H groups in total. The Labute approximate surface area is 138 Å². The highest BCUT2D eigenvalue weighted by Gasteiger charge is 2.47. The molecule has 2 unspecified atom stereocenters. The monoisotopic (exact) mass is 317 g/mol. The first-order chi connectivity index (χ1) is 10.9. The first-order valence-electron chi connectivity index (χ1n) is 8.22. The molecular formula is C18H27N3O2. The summed E-state index contributed by atoms with van der Waals surface area (Å²) in [4.78, 5) is 26.4. The number of anilines is 1. The van der Waals surface area contributed by atoms with Crippen molar-refractivity contribution in [2.45, 2.75) is 26.2 Å². The predicted octanol–water partition coefficient (Wildman–Crippen LogP) is 2.06. The Hall–Kier alpha value is -1.88. The summed E-state index contributed by atoms with van der Waals surface area (Å²) in [5.74, 6) is -0.0937. The number of rotatable bonds is 7. The number of hydrogen-bond donors (Lipinski definition) is 2. The minimum absolute atomic E-state index is 0.0101. The summed E-state index contributed by atoms with van der Waals surface area (Å²) >= 11 is 0. The lowest BCUT2D eigenvalue weighted by Gasteiger charge is -2.13. The normalized spacial score (nSPS) is 19.7. The standard InChI is InChI=1S/C18H27N3O2/c1-12(2)13-7-5-6-8-16(13)20-18(23)15-11-14(15)17(22)19-9-10-21(3)4/h5-8,12,14-15H,9-11H2,1-4H3,(H,19,22)(H,20,23). The van der Waals surface area contributed by atoms with Crippen molar-refractivity contribution >= 4 is 17.5 Å². The molecule has 2 atom stereocenters. The van der Waals surface area contributed by atoms with E-state index < -0.39 is 0 Å². The van der Waals surface area contributed by atoms with E-state index in [4.69, 9.17) is 0 Å². The van der Waals surface area contributed by atoms with Gasteiger partial charge in [-0.3, -0.25) is 9.59 Å². The summed E-state index contributed by atoms with van der Waals surface area (Å²) in [5, 5.41) is 5.88. The Morgan fingerprint density at radius 1 is 1.17 bits per heavy atom. The van der Waals surface area contributed by atoms with Crippen molar-refractivity contribution in [3.05, 3.63) is 29.8 Å². The first kappa shape index (κ1) is 17.5. The van der Waals surface area contributed by atoms with Crippen LogP contribution in [0.4, 0.5) is 5.69 Å². The molecule has 126 valence electrons. The van der Waals surface area contributed by atoms with Gasteiger partial charge in [0.2, 0.25) is 11.8 Å². The molecule has 0 spiro atoms. The summed E-state index contributed by atoms with van der Waals surface area (Å²) in [6, 6.07) is 7.84. The Morgan fingerprint density at radius 3 is 2.48 bits per heavy atom. The molecule has 1 saturated carbocycles. The maximum absolute atomic E-state index is 12.3. The molecule has 0 radical (unpaired) electrons. The average Bonchev–Trinajstić information content (AvgIpc) is 3.27. The van der Waals surface area contributed by atoms with E-state index in [1.54, 1.807) is 0 Å². The van der Waals surface area contributed by atoms with Crippen molar-refractivity contribution in [2.24, 2.45) is 11.8 Å². The Bertz CT molecular complexity index is 569. The molecule has 1 aliphatic carbocycles. The first-order valence-corrected chi connectivity index (χ1v) is 8.22. The van der Waals surface area contributed by atoms with Gasteiger partial charge in [-0.1, -0.05) is 32.0 Å². The second-order valence-electron chi connectivity index (χ2n) is 6.77. The van der Waals surface area contributed by atoms with Gasteiger partial charge in [0.15, 0.2) is 0 Å². The summed E-state index contributed by atoms with van der Waals surface area (Å²) in [5.41, 5.74) is 1.97. The van der Waals surface area contributed by atoms with Crippen molar-refractivity contribution in [1.82, 2.24) is 10.2 Å². The van der Waals surface area contributed by atoms with Gasteiger partial charge < -0.3 is 15.5 Å². The summed E-state index contributed by atoms with van der Waals surface area (Å²) in [6.45, 7) is 5.62. The molecule has 5 heteroatoms. The molecule has 1 aliphatic rings. The fourth-order valence-electron chi connectivity index (χ4n) is 2.65. The van der Waals surface area contributed by atoms with Crippen LogP contribution in [-0.2, 0) is 9.59 Å². The Balaban J connectivity index is 1.86. The third kappa shape index (κ3) is 4.79. The van der Waals surface area contributed by atoms with Crippen LogP contribution >= 0.6 is 0 Å². The van der Waals surface area contributed by atoms with Crippen molar-refractivity contribution in [2.75, 3.05) is 32.5 Å². The van der Waals surface area contributed by atoms with Gasteiger partial charge in [0.1, 0.15) is 0 Å². The zero-order valence-electron chi connectivity index (χ0n) is 14.4.